The van der Waals surface area contributed by atoms with Crippen molar-refractivity contribution < 1.29 is 18.0 Å². The predicted octanol–water partition coefficient (Wildman–Crippen LogP) is 3.48. The lowest BCUT2D eigenvalue weighted by molar-refractivity contribution is -0.175. The summed E-state index contributed by atoms with van der Waals surface area (Å²) >= 11 is 1.79. The molecule has 1 aromatic rings. The molecule has 7 heteroatoms. The summed E-state index contributed by atoms with van der Waals surface area (Å²) in [6, 6.07) is 8.03. The molecular formula is C13H12F3IN2O. The van der Waals surface area contributed by atoms with Gasteiger partial charge < -0.3 is 5.32 Å². The van der Waals surface area contributed by atoms with Crippen molar-refractivity contribution in [2.24, 2.45) is 5.92 Å². The molecule has 0 aromatic heterocycles. The van der Waals surface area contributed by atoms with Crippen molar-refractivity contribution >= 4 is 28.5 Å². The lowest BCUT2D eigenvalue weighted by atomic mass is 9.95. The van der Waals surface area contributed by atoms with Crippen molar-refractivity contribution in [3.63, 3.8) is 0 Å². The van der Waals surface area contributed by atoms with Gasteiger partial charge in [0.15, 0.2) is 0 Å². The summed E-state index contributed by atoms with van der Waals surface area (Å²) < 4.78 is 36.1. The number of amides is 1. The third-order valence-corrected chi connectivity index (χ3v) is 4.92. The van der Waals surface area contributed by atoms with Crippen LogP contribution in [0.1, 0.15) is 25.0 Å². The zero-order valence-electron chi connectivity index (χ0n) is 10.8. The van der Waals surface area contributed by atoms with E-state index in [9.17, 15) is 18.0 Å². The van der Waals surface area contributed by atoms with Gasteiger partial charge in [0, 0.05) is 0 Å². The molecule has 1 atom stereocenters. The van der Waals surface area contributed by atoms with Gasteiger partial charge in [-0.3, -0.25) is 4.79 Å². The molecule has 0 saturated heterocycles. The number of hydrogen-bond acceptors (Lipinski definition) is 2. The molecule has 0 bridgehead atoms. The first kappa shape index (κ1) is 16.8. The van der Waals surface area contributed by atoms with E-state index in [0.717, 1.165) is 0 Å². The molecule has 1 unspecified atom stereocenters. The first-order valence-electron chi connectivity index (χ1n) is 5.70. The van der Waals surface area contributed by atoms with Crippen molar-refractivity contribution in [2.75, 3.05) is 0 Å². The van der Waals surface area contributed by atoms with Crippen molar-refractivity contribution in [1.29, 1.82) is 5.26 Å². The molecule has 20 heavy (non-hydrogen) atoms. The van der Waals surface area contributed by atoms with Gasteiger partial charge in [-0.25, -0.2) is 0 Å². The number of benzene rings is 1. The fourth-order valence-corrected chi connectivity index (χ4v) is 2.18. The topological polar surface area (TPSA) is 52.9 Å². The fourth-order valence-electron chi connectivity index (χ4n) is 1.57. The van der Waals surface area contributed by atoms with Gasteiger partial charge in [0.25, 0.3) is 0 Å². The Morgan fingerprint density at radius 2 is 1.80 bits per heavy atom. The van der Waals surface area contributed by atoms with Gasteiger partial charge >= 0.3 is 12.1 Å². The molecule has 0 saturated carbocycles. The Bertz CT molecular complexity index is 534. The fraction of sp³-hybridized carbons (Fsp3) is 0.385. The Morgan fingerprint density at radius 3 is 2.15 bits per heavy atom. The summed E-state index contributed by atoms with van der Waals surface area (Å²) in [5.41, 5.74) is 0.906. The van der Waals surface area contributed by atoms with Crippen LogP contribution in [0.2, 0.25) is 0 Å². The average molecular weight is 396 g/mol. The number of halogens is 4. The van der Waals surface area contributed by atoms with Crippen LogP contribution in [0.4, 0.5) is 13.2 Å². The Balaban J connectivity index is 3.15. The van der Waals surface area contributed by atoms with Gasteiger partial charge in [-0.15, -0.1) is 0 Å². The molecule has 0 spiro atoms. The average Bonchev–Trinajstić information content (AvgIpc) is 2.37. The van der Waals surface area contributed by atoms with E-state index in [0.29, 0.717) is 11.1 Å². The number of nitrogens with one attached hydrogen (secondary N) is 1. The van der Waals surface area contributed by atoms with Gasteiger partial charge in [0.05, 0.1) is 11.6 Å². The summed E-state index contributed by atoms with van der Waals surface area (Å²) in [4.78, 5) is 11.2. The second-order valence-corrected chi connectivity index (χ2v) is 6.21. The number of alkyl halides is 4. The summed E-state index contributed by atoms with van der Waals surface area (Å²) in [5.74, 6) is -2.26. The van der Waals surface area contributed by atoms with Gasteiger partial charge in [-0.05, 0) is 46.2 Å². The van der Waals surface area contributed by atoms with Gasteiger partial charge in [0.2, 0.25) is 0 Å². The Hall–Kier alpha value is -1.30. The molecule has 0 aliphatic rings. The molecule has 1 N–H and O–H groups in total. The number of carbonyl (C=O) groups is 1. The van der Waals surface area contributed by atoms with Crippen LogP contribution >= 0.6 is 22.6 Å². The molecule has 1 rings (SSSR count). The van der Waals surface area contributed by atoms with E-state index in [-0.39, 0.29) is 5.92 Å². The van der Waals surface area contributed by atoms with Crippen LogP contribution in [0.5, 0.6) is 0 Å². The molecule has 0 heterocycles. The van der Waals surface area contributed by atoms with Crippen molar-refractivity contribution in [1.82, 2.24) is 5.32 Å². The zero-order valence-corrected chi connectivity index (χ0v) is 12.9. The number of carbonyl (C=O) groups excluding carboxylic acids is 1. The van der Waals surface area contributed by atoms with Crippen LogP contribution in [-0.2, 0) is 8.34 Å². The molecule has 0 aliphatic carbocycles. The molecule has 108 valence electrons. The van der Waals surface area contributed by atoms with Crippen LogP contribution in [-0.4, -0.2) is 12.1 Å². The summed E-state index contributed by atoms with van der Waals surface area (Å²) in [6.07, 6.45) is -4.93. The Morgan fingerprint density at radius 1 is 1.30 bits per heavy atom. The molecule has 0 fully saturated rings. The molecule has 3 nitrogen and oxygen atoms in total. The Kier molecular flexibility index (Phi) is 5.02. The zero-order chi connectivity index (χ0) is 15.6. The van der Waals surface area contributed by atoms with Crippen LogP contribution in [0.25, 0.3) is 0 Å². The van der Waals surface area contributed by atoms with Crippen molar-refractivity contribution in [3.05, 3.63) is 35.4 Å². The second-order valence-electron chi connectivity index (χ2n) is 4.51. The van der Waals surface area contributed by atoms with Crippen LogP contribution in [0.15, 0.2) is 24.3 Å². The van der Waals surface area contributed by atoms with Gasteiger partial charge in [0.1, 0.15) is 3.55 Å². The van der Waals surface area contributed by atoms with E-state index < -0.39 is 15.6 Å². The van der Waals surface area contributed by atoms with E-state index >= 15 is 0 Å². The minimum atomic E-state index is -4.93. The van der Waals surface area contributed by atoms with Gasteiger partial charge in [-0.1, -0.05) is 26.0 Å². The highest BCUT2D eigenvalue weighted by molar-refractivity contribution is 14.1. The minimum absolute atomic E-state index is 0.276. The first-order valence-corrected chi connectivity index (χ1v) is 6.78. The van der Waals surface area contributed by atoms with Crippen molar-refractivity contribution in [2.45, 2.75) is 23.6 Å². The molecular weight excluding hydrogens is 384 g/mol. The normalized spacial score (nSPS) is 14.5. The summed E-state index contributed by atoms with van der Waals surface area (Å²) in [7, 11) is 0. The molecule has 1 amide bonds. The lowest BCUT2D eigenvalue weighted by Crippen LogP contribution is -2.49. The number of rotatable bonds is 3. The SMILES string of the molecule is CC(C)C(I)(NC(=O)C(F)(F)F)c1ccc(C#N)cc1. The van der Waals surface area contributed by atoms with E-state index in [1.807, 2.05) is 11.4 Å². The maximum atomic E-state index is 12.4. The molecule has 1 aromatic carbocycles. The van der Waals surface area contributed by atoms with E-state index in [1.54, 1.807) is 48.6 Å². The van der Waals surface area contributed by atoms with E-state index in [2.05, 4.69) is 0 Å². The molecule has 0 aliphatic heterocycles. The van der Waals surface area contributed by atoms with Crippen LogP contribution < -0.4 is 5.32 Å². The highest BCUT2D eigenvalue weighted by atomic mass is 127. The third-order valence-electron chi connectivity index (χ3n) is 2.78. The predicted molar refractivity (Wildman–Crippen MR) is 75.9 cm³/mol. The smallest absolute Gasteiger partial charge is 0.330 e. The third kappa shape index (κ3) is 3.62. The number of nitriles is 1. The summed E-state index contributed by atoms with van der Waals surface area (Å²) in [6.45, 7) is 3.42. The number of hydrogen-bond donors (Lipinski definition) is 1. The maximum Gasteiger partial charge on any atom is 0.471 e. The minimum Gasteiger partial charge on any atom is -0.330 e. The van der Waals surface area contributed by atoms with E-state index in [4.69, 9.17) is 5.26 Å². The Labute approximate surface area is 128 Å². The highest BCUT2D eigenvalue weighted by Gasteiger charge is 2.45. The standard InChI is InChI=1S/C13H12F3IN2O/c1-8(2)12(17,19-11(20)13(14,15)16)10-5-3-9(7-18)4-6-10/h3-6,8H,1-2H3,(H,19,20). The lowest BCUT2D eigenvalue weighted by Gasteiger charge is -2.33. The maximum absolute atomic E-state index is 12.4. The van der Waals surface area contributed by atoms with Crippen LogP contribution in [0.3, 0.4) is 0 Å². The molecule has 0 radical (unpaired) electrons. The van der Waals surface area contributed by atoms with Gasteiger partial charge in [-0.2, -0.15) is 18.4 Å². The largest absolute Gasteiger partial charge is 0.471 e. The number of nitrogens with zero attached hydrogens (tertiary/aromatic N) is 1. The van der Waals surface area contributed by atoms with Crippen molar-refractivity contribution in [3.8, 4) is 6.07 Å². The monoisotopic (exact) mass is 396 g/mol. The highest BCUT2D eigenvalue weighted by Crippen LogP contribution is 2.37. The summed E-state index contributed by atoms with van der Waals surface area (Å²) in [5, 5.41) is 10.7. The van der Waals surface area contributed by atoms with E-state index in [1.165, 1.54) is 12.1 Å². The first-order chi connectivity index (χ1) is 9.11. The van der Waals surface area contributed by atoms with Crippen LogP contribution in [0, 0.1) is 17.2 Å². The quantitative estimate of drug-likeness (QED) is 0.483. The second kappa shape index (κ2) is 5.99.